The van der Waals surface area contributed by atoms with Crippen molar-refractivity contribution in [1.82, 2.24) is 15.5 Å². The summed E-state index contributed by atoms with van der Waals surface area (Å²) in [6, 6.07) is 7.77. The summed E-state index contributed by atoms with van der Waals surface area (Å²) in [7, 11) is 3.31. The molecule has 0 atom stereocenters. The Balaban J connectivity index is 0.00000312. The lowest BCUT2D eigenvalue weighted by atomic mass is 10.1. The second-order valence-corrected chi connectivity index (χ2v) is 5.50. The highest BCUT2D eigenvalue weighted by Crippen LogP contribution is 2.12. The van der Waals surface area contributed by atoms with Crippen LogP contribution in [0, 0.1) is 0 Å². The number of nitrogens with zero attached hydrogens (tertiary/aromatic N) is 2. The van der Waals surface area contributed by atoms with Crippen molar-refractivity contribution in [2.75, 3.05) is 27.2 Å². The fourth-order valence-corrected chi connectivity index (χ4v) is 2.52. The molecule has 0 unspecified atom stereocenters. The van der Waals surface area contributed by atoms with Gasteiger partial charge in [-0.3, -0.25) is 19.5 Å². The zero-order valence-corrected chi connectivity index (χ0v) is 16.9. The Labute approximate surface area is 165 Å². The number of piperidine rings is 1. The third-order valence-electron chi connectivity index (χ3n) is 3.83. The number of aliphatic imine (C=N–C) groups is 1. The summed E-state index contributed by atoms with van der Waals surface area (Å²) < 4.78 is 5.20. The molecule has 2 N–H and O–H groups in total. The fourth-order valence-electron chi connectivity index (χ4n) is 2.52. The summed E-state index contributed by atoms with van der Waals surface area (Å²) in [5.74, 6) is 1.24. The number of rotatable bonds is 6. The van der Waals surface area contributed by atoms with Gasteiger partial charge in [0.2, 0.25) is 11.8 Å². The molecule has 1 aliphatic heterocycles. The normalized spacial score (nSPS) is 14.8. The van der Waals surface area contributed by atoms with Crippen molar-refractivity contribution in [3.63, 3.8) is 0 Å². The number of carbonyl (C=O) groups excluding carboxylic acids is 2. The van der Waals surface area contributed by atoms with Gasteiger partial charge in [0.05, 0.1) is 7.11 Å². The van der Waals surface area contributed by atoms with Crippen LogP contribution in [-0.2, 0) is 16.1 Å². The molecule has 1 saturated heterocycles. The summed E-state index contributed by atoms with van der Waals surface area (Å²) >= 11 is 0. The first-order valence-corrected chi connectivity index (χ1v) is 8.04. The molecule has 25 heavy (non-hydrogen) atoms. The first kappa shape index (κ1) is 21.2. The van der Waals surface area contributed by atoms with E-state index in [4.69, 9.17) is 4.74 Å². The minimum absolute atomic E-state index is 0. The Morgan fingerprint density at radius 2 is 1.96 bits per heavy atom. The van der Waals surface area contributed by atoms with Crippen LogP contribution in [0.15, 0.2) is 29.3 Å². The van der Waals surface area contributed by atoms with Gasteiger partial charge < -0.3 is 15.4 Å². The van der Waals surface area contributed by atoms with E-state index in [2.05, 4.69) is 15.6 Å². The van der Waals surface area contributed by atoms with E-state index in [9.17, 15) is 9.59 Å². The second-order valence-electron chi connectivity index (χ2n) is 5.50. The lowest BCUT2D eigenvalue weighted by Gasteiger charge is -2.25. The van der Waals surface area contributed by atoms with E-state index in [0.717, 1.165) is 11.3 Å². The van der Waals surface area contributed by atoms with Gasteiger partial charge in [-0.05, 0) is 24.1 Å². The number of amides is 2. The number of benzene rings is 1. The number of imide groups is 1. The van der Waals surface area contributed by atoms with Crippen LogP contribution in [0.3, 0.4) is 0 Å². The molecule has 0 spiro atoms. The van der Waals surface area contributed by atoms with Gasteiger partial charge in [0, 0.05) is 39.5 Å². The van der Waals surface area contributed by atoms with Crippen molar-refractivity contribution >= 4 is 41.8 Å². The smallest absolute Gasteiger partial charge is 0.229 e. The standard InChI is InChI=1S/C17H24N4O3.HI/c1-18-17(20-12-13-5-3-6-14(11-13)24-2)19-9-10-21-15(22)7-4-8-16(21)23;/h3,5-6,11H,4,7-10,12H2,1-2H3,(H2,18,19,20);1H. The molecule has 1 fully saturated rings. The zero-order chi connectivity index (χ0) is 17.4. The highest BCUT2D eigenvalue weighted by atomic mass is 127. The maximum Gasteiger partial charge on any atom is 0.229 e. The van der Waals surface area contributed by atoms with Crippen molar-refractivity contribution in [2.24, 2.45) is 4.99 Å². The highest BCUT2D eigenvalue weighted by molar-refractivity contribution is 14.0. The molecule has 2 rings (SSSR count). The number of hydrogen-bond donors (Lipinski definition) is 2. The van der Waals surface area contributed by atoms with E-state index in [1.807, 2.05) is 24.3 Å². The van der Waals surface area contributed by atoms with E-state index >= 15 is 0 Å². The van der Waals surface area contributed by atoms with Gasteiger partial charge in [0.1, 0.15) is 5.75 Å². The van der Waals surface area contributed by atoms with E-state index in [1.54, 1.807) is 14.2 Å². The molecule has 7 nitrogen and oxygen atoms in total. The van der Waals surface area contributed by atoms with Crippen LogP contribution >= 0.6 is 24.0 Å². The van der Waals surface area contributed by atoms with Gasteiger partial charge in [0.25, 0.3) is 0 Å². The van der Waals surface area contributed by atoms with Gasteiger partial charge in [-0.1, -0.05) is 12.1 Å². The maximum atomic E-state index is 11.7. The number of halogens is 1. The second kappa shape index (κ2) is 10.9. The molecule has 0 aliphatic carbocycles. The molecule has 2 amide bonds. The molecule has 0 aromatic heterocycles. The summed E-state index contributed by atoms with van der Waals surface area (Å²) in [6.45, 7) is 1.42. The number of ether oxygens (including phenoxy) is 1. The Hall–Kier alpha value is -1.84. The van der Waals surface area contributed by atoms with Crippen molar-refractivity contribution in [3.05, 3.63) is 29.8 Å². The number of nitrogens with one attached hydrogen (secondary N) is 2. The average Bonchev–Trinajstić information content (AvgIpc) is 2.60. The summed E-state index contributed by atoms with van der Waals surface area (Å²) in [6.07, 6.45) is 1.56. The van der Waals surface area contributed by atoms with Crippen LogP contribution < -0.4 is 15.4 Å². The average molecular weight is 460 g/mol. The van der Waals surface area contributed by atoms with Crippen LogP contribution in [0.25, 0.3) is 0 Å². The van der Waals surface area contributed by atoms with E-state index in [0.29, 0.717) is 44.9 Å². The number of hydrogen-bond acceptors (Lipinski definition) is 4. The lowest BCUT2D eigenvalue weighted by Crippen LogP contribution is -2.46. The largest absolute Gasteiger partial charge is 0.497 e. The predicted molar refractivity (Wildman–Crippen MR) is 107 cm³/mol. The van der Waals surface area contributed by atoms with Crippen molar-refractivity contribution < 1.29 is 14.3 Å². The minimum atomic E-state index is -0.0904. The van der Waals surface area contributed by atoms with Crippen molar-refractivity contribution in [3.8, 4) is 5.75 Å². The minimum Gasteiger partial charge on any atom is -0.497 e. The number of guanidine groups is 1. The molecule has 0 radical (unpaired) electrons. The van der Waals surface area contributed by atoms with Gasteiger partial charge in [-0.25, -0.2) is 0 Å². The van der Waals surface area contributed by atoms with E-state index in [-0.39, 0.29) is 35.8 Å². The van der Waals surface area contributed by atoms with Gasteiger partial charge in [-0.15, -0.1) is 24.0 Å². The van der Waals surface area contributed by atoms with Crippen LogP contribution in [0.2, 0.25) is 0 Å². The molecule has 0 bridgehead atoms. The van der Waals surface area contributed by atoms with Crippen LogP contribution in [-0.4, -0.2) is 49.9 Å². The quantitative estimate of drug-likeness (QED) is 0.291. The van der Waals surface area contributed by atoms with Crippen molar-refractivity contribution in [1.29, 1.82) is 0 Å². The topological polar surface area (TPSA) is 83.0 Å². The fraction of sp³-hybridized carbons (Fsp3) is 0.471. The molecule has 1 heterocycles. The molecule has 138 valence electrons. The lowest BCUT2D eigenvalue weighted by molar-refractivity contribution is -0.147. The molecular formula is C17H25IN4O3. The SMILES string of the molecule is CN=C(NCCN1C(=O)CCCC1=O)NCc1cccc(OC)c1.I. The molecular weight excluding hydrogens is 435 g/mol. The van der Waals surface area contributed by atoms with E-state index in [1.165, 1.54) is 4.90 Å². The molecule has 0 saturated carbocycles. The first-order chi connectivity index (χ1) is 11.6. The van der Waals surface area contributed by atoms with Crippen LogP contribution in [0.4, 0.5) is 0 Å². The summed E-state index contributed by atoms with van der Waals surface area (Å²) in [5.41, 5.74) is 1.07. The zero-order valence-electron chi connectivity index (χ0n) is 14.6. The Morgan fingerprint density at radius 3 is 2.60 bits per heavy atom. The third-order valence-corrected chi connectivity index (χ3v) is 3.83. The molecule has 1 aliphatic rings. The number of methoxy groups -OCH3 is 1. The Morgan fingerprint density at radius 1 is 1.24 bits per heavy atom. The van der Waals surface area contributed by atoms with Gasteiger partial charge in [0.15, 0.2) is 5.96 Å². The predicted octanol–water partition coefficient (Wildman–Crippen LogP) is 1.52. The molecule has 1 aromatic carbocycles. The molecule has 8 heteroatoms. The summed E-state index contributed by atoms with van der Waals surface area (Å²) in [4.78, 5) is 28.9. The third kappa shape index (κ3) is 6.52. The number of likely N-dealkylation sites (tertiary alicyclic amines) is 1. The highest BCUT2D eigenvalue weighted by Gasteiger charge is 2.25. The first-order valence-electron chi connectivity index (χ1n) is 8.04. The Bertz CT molecular complexity index is 606. The van der Waals surface area contributed by atoms with Gasteiger partial charge in [-0.2, -0.15) is 0 Å². The molecule has 1 aromatic rings. The van der Waals surface area contributed by atoms with E-state index < -0.39 is 0 Å². The van der Waals surface area contributed by atoms with Crippen molar-refractivity contribution in [2.45, 2.75) is 25.8 Å². The van der Waals surface area contributed by atoms with Gasteiger partial charge >= 0.3 is 0 Å². The van der Waals surface area contributed by atoms with Crippen LogP contribution in [0.5, 0.6) is 5.75 Å². The van der Waals surface area contributed by atoms with Crippen LogP contribution in [0.1, 0.15) is 24.8 Å². The monoisotopic (exact) mass is 460 g/mol. The Kier molecular flexibility index (Phi) is 9.25. The summed E-state index contributed by atoms with van der Waals surface area (Å²) in [5, 5.41) is 6.31. The number of carbonyl (C=O) groups is 2. The maximum absolute atomic E-state index is 11.7.